The molecule has 0 radical (unpaired) electrons. The van der Waals surface area contributed by atoms with E-state index in [2.05, 4.69) is 5.32 Å². The molecule has 1 N–H and O–H groups in total. The third-order valence-electron chi connectivity index (χ3n) is 4.04. The lowest BCUT2D eigenvalue weighted by atomic mass is 10.0. The highest BCUT2D eigenvalue weighted by Gasteiger charge is 2.16. The molecule has 0 aliphatic heterocycles. The maximum Gasteiger partial charge on any atom is 0.262 e. The normalized spacial score (nSPS) is 10.4. The predicted octanol–water partition coefficient (Wildman–Crippen LogP) is 5.55. The fraction of sp³-hybridized carbons (Fsp3) is 0.0909. The van der Waals surface area contributed by atoms with Gasteiger partial charge in [0, 0.05) is 21.2 Å². The summed E-state index contributed by atoms with van der Waals surface area (Å²) in [5.74, 6) is -0.0848. The van der Waals surface area contributed by atoms with Crippen molar-refractivity contribution in [2.75, 3.05) is 11.9 Å². The van der Waals surface area contributed by atoms with Crippen LogP contribution in [-0.2, 0) is 4.79 Å². The smallest absolute Gasteiger partial charge is 0.262 e. The first-order valence-electron chi connectivity index (χ1n) is 8.52. The molecule has 0 fully saturated rings. The number of carbonyl (C=O) groups is 2. The van der Waals surface area contributed by atoms with Crippen LogP contribution in [-0.4, -0.2) is 18.3 Å². The van der Waals surface area contributed by atoms with Gasteiger partial charge in [-0.15, -0.1) is 0 Å². The van der Waals surface area contributed by atoms with Crippen LogP contribution in [0.5, 0.6) is 5.75 Å². The molecule has 6 heteroatoms. The molecule has 0 saturated carbocycles. The Kier molecular flexibility index (Phi) is 6.34. The Bertz CT molecular complexity index is 1020. The van der Waals surface area contributed by atoms with E-state index in [4.69, 9.17) is 27.9 Å². The number of rotatable bonds is 6. The van der Waals surface area contributed by atoms with Gasteiger partial charge >= 0.3 is 0 Å². The third-order valence-corrected chi connectivity index (χ3v) is 4.69. The lowest BCUT2D eigenvalue weighted by molar-refractivity contribution is -0.118. The molecule has 3 aromatic carbocycles. The van der Waals surface area contributed by atoms with Crippen molar-refractivity contribution in [2.24, 2.45) is 0 Å². The zero-order chi connectivity index (χ0) is 20.1. The van der Waals surface area contributed by atoms with Crippen molar-refractivity contribution in [1.29, 1.82) is 0 Å². The monoisotopic (exact) mass is 413 g/mol. The van der Waals surface area contributed by atoms with E-state index >= 15 is 0 Å². The van der Waals surface area contributed by atoms with Crippen LogP contribution in [0.3, 0.4) is 0 Å². The molecule has 0 saturated heterocycles. The summed E-state index contributed by atoms with van der Waals surface area (Å²) in [4.78, 5) is 25.1. The van der Waals surface area contributed by atoms with Gasteiger partial charge in [0.25, 0.3) is 5.91 Å². The van der Waals surface area contributed by atoms with E-state index in [1.54, 1.807) is 54.6 Å². The first-order valence-corrected chi connectivity index (χ1v) is 9.28. The Labute approximate surface area is 173 Å². The molecule has 4 nitrogen and oxygen atoms in total. The van der Waals surface area contributed by atoms with Crippen molar-refractivity contribution in [3.8, 4) is 5.75 Å². The quantitative estimate of drug-likeness (QED) is 0.538. The SMILES string of the molecule is Cc1cc(OCC(=O)Nc2ccc(Cl)cc2C(=O)c2ccccc2)ccc1Cl. The Balaban J connectivity index is 1.73. The fourth-order valence-electron chi connectivity index (χ4n) is 2.60. The summed E-state index contributed by atoms with van der Waals surface area (Å²) in [7, 11) is 0. The minimum atomic E-state index is -0.392. The molecule has 0 aliphatic rings. The van der Waals surface area contributed by atoms with Gasteiger partial charge in [-0.2, -0.15) is 0 Å². The molecular weight excluding hydrogens is 397 g/mol. The lowest BCUT2D eigenvalue weighted by Crippen LogP contribution is -2.21. The summed E-state index contributed by atoms with van der Waals surface area (Å²) in [5.41, 5.74) is 2.05. The molecule has 3 rings (SSSR count). The molecule has 0 heterocycles. The van der Waals surface area contributed by atoms with Crippen LogP contribution in [0.1, 0.15) is 21.5 Å². The van der Waals surface area contributed by atoms with E-state index in [0.717, 1.165) is 5.56 Å². The van der Waals surface area contributed by atoms with Crippen molar-refractivity contribution in [3.63, 3.8) is 0 Å². The number of amides is 1. The minimum Gasteiger partial charge on any atom is -0.484 e. The number of hydrogen-bond donors (Lipinski definition) is 1. The van der Waals surface area contributed by atoms with E-state index in [0.29, 0.717) is 32.6 Å². The number of carbonyl (C=O) groups excluding carboxylic acids is 2. The Hall–Kier alpha value is -2.82. The number of nitrogens with one attached hydrogen (secondary N) is 1. The molecule has 0 unspecified atom stereocenters. The number of hydrogen-bond acceptors (Lipinski definition) is 3. The van der Waals surface area contributed by atoms with Gasteiger partial charge in [-0.25, -0.2) is 0 Å². The highest BCUT2D eigenvalue weighted by molar-refractivity contribution is 6.31. The second kappa shape index (κ2) is 8.91. The van der Waals surface area contributed by atoms with Gasteiger partial charge in [-0.05, 0) is 48.9 Å². The van der Waals surface area contributed by atoms with E-state index in [-0.39, 0.29) is 12.4 Å². The van der Waals surface area contributed by atoms with E-state index < -0.39 is 5.91 Å². The van der Waals surface area contributed by atoms with Crippen molar-refractivity contribution in [3.05, 3.63) is 93.5 Å². The summed E-state index contributed by atoms with van der Waals surface area (Å²) in [6.45, 7) is 1.65. The Morgan fingerprint density at radius 3 is 2.43 bits per heavy atom. The van der Waals surface area contributed by atoms with Crippen molar-refractivity contribution < 1.29 is 14.3 Å². The first-order chi connectivity index (χ1) is 13.4. The van der Waals surface area contributed by atoms with E-state index in [9.17, 15) is 9.59 Å². The molecule has 3 aromatic rings. The standard InChI is InChI=1S/C22H17Cl2NO3/c1-14-11-17(8-9-19(14)24)28-13-21(26)25-20-10-7-16(23)12-18(20)22(27)15-5-3-2-4-6-15/h2-12H,13H2,1H3,(H,25,26). The maximum atomic E-state index is 12.8. The van der Waals surface area contributed by atoms with Gasteiger partial charge in [0.1, 0.15) is 5.75 Å². The Morgan fingerprint density at radius 2 is 1.71 bits per heavy atom. The number of ketones is 1. The van der Waals surface area contributed by atoms with Gasteiger partial charge in [0.15, 0.2) is 12.4 Å². The van der Waals surface area contributed by atoms with Gasteiger partial charge in [0.2, 0.25) is 0 Å². The Morgan fingerprint density at radius 1 is 0.964 bits per heavy atom. The van der Waals surface area contributed by atoms with Crippen LogP contribution in [0.25, 0.3) is 0 Å². The highest BCUT2D eigenvalue weighted by Crippen LogP contribution is 2.24. The number of anilines is 1. The molecule has 0 bridgehead atoms. The average Bonchev–Trinajstić information content (AvgIpc) is 2.70. The average molecular weight is 414 g/mol. The lowest BCUT2D eigenvalue weighted by Gasteiger charge is -2.12. The van der Waals surface area contributed by atoms with Crippen LogP contribution in [0.15, 0.2) is 66.7 Å². The molecular formula is C22H17Cl2NO3. The van der Waals surface area contributed by atoms with Crippen LogP contribution < -0.4 is 10.1 Å². The first kappa shape index (κ1) is 19.9. The summed E-state index contributed by atoms with van der Waals surface area (Å²) >= 11 is 12.0. The van der Waals surface area contributed by atoms with Gasteiger partial charge in [-0.1, -0.05) is 53.5 Å². The fourth-order valence-corrected chi connectivity index (χ4v) is 2.89. The van der Waals surface area contributed by atoms with E-state index in [1.807, 2.05) is 13.0 Å². The van der Waals surface area contributed by atoms with Crippen molar-refractivity contribution in [1.82, 2.24) is 0 Å². The van der Waals surface area contributed by atoms with Crippen molar-refractivity contribution in [2.45, 2.75) is 6.92 Å². The van der Waals surface area contributed by atoms with Crippen LogP contribution in [0.2, 0.25) is 10.0 Å². The second-order valence-corrected chi connectivity index (χ2v) is 6.98. The topological polar surface area (TPSA) is 55.4 Å². The minimum absolute atomic E-state index is 0.206. The number of aryl methyl sites for hydroxylation is 1. The molecule has 0 aromatic heterocycles. The molecule has 142 valence electrons. The molecule has 28 heavy (non-hydrogen) atoms. The molecule has 0 spiro atoms. The second-order valence-electron chi connectivity index (χ2n) is 6.13. The van der Waals surface area contributed by atoms with Crippen molar-refractivity contribution >= 4 is 40.6 Å². The zero-order valence-electron chi connectivity index (χ0n) is 15.0. The van der Waals surface area contributed by atoms with E-state index in [1.165, 1.54) is 6.07 Å². The molecule has 1 amide bonds. The van der Waals surface area contributed by atoms with Gasteiger partial charge in [-0.3, -0.25) is 9.59 Å². The van der Waals surface area contributed by atoms with Gasteiger partial charge < -0.3 is 10.1 Å². The summed E-state index contributed by atoms with van der Waals surface area (Å²) in [5, 5.41) is 3.75. The molecule has 0 atom stereocenters. The third kappa shape index (κ3) is 4.91. The summed E-state index contributed by atoms with van der Waals surface area (Å²) in [6, 6.07) is 18.7. The van der Waals surface area contributed by atoms with Gasteiger partial charge in [0.05, 0.1) is 5.69 Å². The number of ether oxygens (including phenoxy) is 1. The maximum absolute atomic E-state index is 12.8. The van der Waals surface area contributed by atoms with Crippen LogP contribution in [0.4, 0.5) is 5.69 Å². The number of halogens is 2. The zero-order valence-corrected chi connectivity index (χ0v) is 16.6. The predicted molar refractivity (Wildman–Crippen MR) is 112 cm³/mol. The largest absolute Gasteiger partial charge is 0.484 e. The van der Waals surface area contributed by atoms with Crippen LogP contribution in [0, 0.1) is 6.92 Å². The summed E-state index contributed by atoms with van der Waals surface area (Å²) in [6.07, 6.45) is 0. The molecule has 0 aliphatic carbocycles. The summed E-state index contributed by atoms with van der Waals surface area (Å²) < 4.78 is 5.50. The number of benzene rings is 3. The highest BCUT2D eigenvalue weighted by atomic mass is 35.5. The van der Waals surface area contributed by atoms with Crippen LogP contribution >= 0.6 is 23.2 Å².